The van der Waals surface area contributed by atoms with Crippen LogP contribution in [-0.2, 0) is 16.1 Å². The molecule has 0 saturated heterocycles. The maximum absolute atomic E-state index is 12.0. The molecule has 1 fully saturated rings. The fourth-order valence-electron chi connectivity index (χ4n) is 3.09. The van der Waals surface area contributed by atoms with Crippen molar-refractivity contribution < 1.29 is 9.53 Å². The lowest BCUT2D eigenvalue weighted by Crippen LogP contribution is -2.26. The second kappa shape index (κ2) is 8.06. The number of aromatic nitrogens is 3. The number of pyridine rings is 1. The lowest BCUT2D eigenvalue weighted by Gasteiger charge is -2.26. The number of hydrogen-bond donors (Lipinski definition) is 1. The Labute approximate surface area is 142 Å². The molecular weight excluding hydrogens is 304 g/mol. The van der Waals surface area contributed by atoms with Crippen LogP contribution in [0.1, 0.15) is 38.3 Å². The van der Waals surface area contributed by atoms with Crippen molar-refractivity contribution in [3.8, 4) is 0 Å². The number of carbonyl (C=O) groups excluding carboxylic acids is 1. The number of amides is 1. The van der Waals surface area contributed by atoms with E-state index in [1.807, 2.05) is 18.2 Å². The van der Waals surface area contributed by atoms with E-state index in [2.05, 4.69) is 22.3 Å². The number of anilines is 1. The Hall–Kier alpha value is -2.21. The van der Waals surface area contributed by atoms with Gasteiger partial charge in [0, 0.05) is 12.4 Å². The second-order valence-electron chi connectivity index (χ2n) is 6.50. The Morgan fingerprint density at radius 1 is 1.42 bits per heavy atom. The van der Waals surface area contributed by atoms with Crippen molar-refractivity contribution in [2.24, 2.45) is 5.92 Å². The molecule has 1 amide bonds. The molecule has 24 heavy (non-hydrogen) atoms. The molecule has 2 heterocycles. The first-order valence-corrected chi connectivity index (χ1v) is 8.53. The van der Waals surface area contributed by atoms with Crippen molar-refractivity contribution in [2.45, 2.75) is 45.3 Å². The van der Waals surface area contributed by atoms with Crippen molar-refractivity contribution in [1.82, 2.24) is 14.8 Å². The Balaban J connectivity index is 1.45. The van der Waals surface area contributed by atoms with Crippen molar-refractivity contribution in [2.75, 3.05) is 11.9 Å². The molecule has 2 aromatic rings. The summed E-state index contributed by atoms with van der Waals surface area (Å²) in [5.74, 6) is 0.558. The highest BCUT2D eigenvalue weighted by Gasteiger charge is 2.20. The zero-order valence-electron chi connectivity index (χ0n) is 14.0. The molecule has 1 aliphatic carbocycles. The van der Waals surface area contributed by atoms with Crippen molar-refractivity contribution in [3.63, 3.8) is 0 Å². The van der Waals surface area contributed by atoms with Gasteiger partial charge >= 0.3 is 0 Å². The van der Waals surface area contributed by atoms with E-state index in [9.17, 15) is 4.79 Å². The van der Waals surface area contributed by atoms with Gasteiger partial charge in [0.25, 0.3) is 0 Å². The highest BCUT2D eigenvalue weighted by molar-refractivity contribution is 5.91. The normalized spacial score (nSPS) is 20.7. The van der Waals surface area contributed by atoms with Crippen molar-refractivity contribution in [1.29, 1.82) is 0 Å². The lowest BCUT2D eigenvalue weighted by molar-refractivity contribution is -0.123. The second-order valence-corrected chi connectivity index (χ2v) is 6.50. The van der Waals surface area contributed by atoms with E-state index in [4.69, 9.17) is 4.74 Å². The van der Waals surface area contributed by atoms with Crippen molar-refractivity contribution >= 4 is 11.6 Å². The molecule has 0 aromatic carbocycles. The highest BCUT2D eigenvalue weighted by Crippen LogP contribution is 2.25. The summed E-state index contributed by atoms with van der Waals surface area (Å²) in [6.07, 6.45) is 9.97. The van der Waals surface area contributed by atoms with Crippen LogP contribution in [0.15, 0.2) is 36.8 Å². The molecule has 128 valence electrons. The van der Waals surface area contributed by atoms with Gasteiger partial charge in [-0.15, -0.1) is 0 Å². The van der Waals surface area contributed by atoms with Crippen LogP contribution in [0.4, 0.5) is 5.69 Å². The van der Waals surface area contributed by atoms with Gasteiger partial charge in [-0.3, -0.25) is 14.5 Å². The van der Waals surface area contributed by atoms with Crippen LogP contribution in [0, 0.1) is 5.92 Å². The lowest BCUT2D eigenvalue weighted by atomic mass is 9.89. The monoisotopic (exact) mass is 328 g/mol. The summed E-state index contributed by atoms with van der Waals surface area (Å²) >= 11 is 0. The van der Waals surface area contributed by atoms with Crippen LogP contribution in [0.25, 0.3) is 0 Å². The molecule has 1 aliphatic rings. The summed E-state index contributed by atoms with van der Waals surface area (Å²) in [7, 11) is 0. The average molecular weight is 328 g/mol. The van der Waals surface area contributed by atoms with E-state index in [0.29, 0.717) is 18.2 Å². The maximum Gasteiger partial charge on any atom is 0.250 e. The summed E-state index contributed by atoms with van der Waals surface area (Å²) in [6.45, 7) is 2.92. The predicted octanol–water partition coefficient (Wildman–Crippen LogP) is 2.86. The summed E-state index contributed by atoms with van der Waals surface area (Å²) in [6, 6.07) is 5.77. The molecule has 0 aliphatic heterocycles. The van der Waals surface area contributed by atoms with Gasteiger partial charge in [0.2, 0.25) is 5.91 Å². The molecule has 0 bridgehead atoms. The Bertz CT molecular complexity index is 656. The molecule has 0 unspecified atom stereocenters. The number of hydrogen-bond acceptors (Lipinski definition) is 4. The molecule has 3 rings (SSSR count). The SMILES string of the molecule is C[C@@H]1CCC[C@@H](OCC(=O)Nc2cnn(Cc3ccccn3)c2)C1. The zero-order valence-corrected chi connectivity index (χ0v) is 14.0. The topological polar surface area (TPSA) is 69.0 Å². The Morgan fingerprint density at radius 3 is 3.12 bits per heavy atom. The minimum Gasteiger partial charge on any atom is -0.368 e. The molecule has 1 N–H and O–H groups in total. The minimum atomic E-state index is -0.134. The number of carbonyl (C=O) groups is 1. The van der Waals surface area contributed by atoms with E-state index in [1.54, 1.807) is 23.3 Å². The van der Waals surface area contributed by atoms with Crippen molar-refractivity contribution in [3.05, 3.63) is 42.5 Å². The molecule has 0 spiro atoms. The molecule has 0 radical (unpaired) electrons. The first-order chi connectivity index (χ1) is 11.7. The third-order valence-corrected chi connectivity index (χ3v) is 4.31. The number of ether oxygens (including phenoxy) is 1. The first-order valence-electron chi connectivity index (χ1n) is 8.53. The third kappa shape index (κ3) is 4.89. The van der Waals surface area contributed by atoms with E-state index < -0.39 is 0 Å². The zero-order chi connectivity index (χ0) is 16.8. The van der Waals surface area contributed by atoms with Gasteiger partial charge in [-0.1, -0.05) is 25.8 Å². The number of rotatable bonds is 6. The van der Waals surface area contributed by atoms with Crippen LogP contribution in [0.3, 0.4) is 0 Å². The van der Waals surface area contributed by atoms with Gasteiger partial charge in [0.05, 0.1) is 30.2 Å². The first kappa shape index (κ1) is 16.6. The molecular formula is C18H24N4O2. The van der Waals surface area contributed by atoms with Crippen LogP contribution in [0.2, 0.25) is 0 Å². The summed E-state index contributed by atoms with van der Waals surface area (Å²) in [4.78, 5) is 16.3. The minimum absolute atomic E-state index is 0.100. The molecule has 1 saturated carbocycles. The number of nitrogens with one attached hydrogen (secondary N) is 1. The van der Waals surface area contributed by atoms with Gasteiger partial charge in [-0.25, -0.2) is 0 Å². The Morgan fingerprint density at radius 2 is 2.33 bits per heavy atom. The fourth-order valence-corrected chi connectivity index (χ4v) is 3.09. The molecule has 6 nitrogen and oxygen atoms in total. The van der Waals surface area contributed by atoms with Crippen LogP contribution in [0.5, 0.6) is 0 Å². The summed E-state index contributed by atoms with van der Waals surface area (Å²) in [5.41, 5.74) is 1.60. The molecule has 2 atom stereocenters. The van der Waals surface area contributed by atoms with E-state index in [1.165, 1.54) is 12.8 Å². The largest absolute Gasteiger partial charge is 0.368 e. The van der Waals surface area contributed by atoms with Crippen LogP contribution in [-0.4, -0.2) is 33.4 Å². The third-order valence-electron chi connectivity index (χ3n) is 4.31. The smallest absolute Gasteiger partial charge is 0.250 e. The highest BCUT2D eigenvalue weighted by atomic mass is 16.5. The van der Waals surface area contributed by atoms with Crippen LogP contribution < -0.4 is 5.32 Å². The maximum atomic E-state index is 12.0. The van der Waals surface area contributed by atoms with Gasteiger partial charge in [-0.05, 0) is 30.9 Å². The van der Waals surface area contributed by atoms with Gasteiger partial charge < -0.3 is 10.1 Å². The number of nitrogens with zero attached hydrogens (tertiary/aromatic N) is 3. The summed E-state index contributed by atoms with van der Waals surface area (Å²) in [5, 5.41) is 7.08. The average Bonchev–Trinajstić information content (AvgIpc) is 3.01. The Kier molecular flexibility index (Phi) is 5.59. The van der Waals surface area contributed by atoms with Gasteiger partial charge in [0.1, 0.15) is 6.61 Å². The van der Waals surface area contributed by atoms with E-state index in [0.717, 1.165) is 18.5 Å². The van der Waals surface area contributed by atoms with E-state index in [-0.39, 0.29) is 18.6 Å². The van der Waals surface area contributed by atoms with Gasteiger partial charge in [0.15, 0.2) is 0 Å². The quantitative estimate of drug-likeness (QED) is 0.885. The standard InChI is InChI=1S/C18H24N4O2/c1-14-5-4-7-17(9-14)24-13-18(23)21-16-10-20-22(12-16)11-15-6-2-3-8-19-15/h2-3,6,8,10,12,14,17H,4-5,7,9,11,13H2,1H3,(H,21,23)/t14-,17-/m1/s1. The fraction of sp³-hybridized carbons (Fsp3) is 0.500. The van der Waals surface area contributed by atoms with E-state index >= 15 is 0 Å². The van der Waals surface area contributed by atoms with Crippen LogP contribution >= 0.6 is 0 Å². The molecule has 2 aromatic heterocycles. The predicted molar refractivity (Wildman–Crippen MR) is 91.6 cm³/mol. The summed E-state index contributed by atoms with van der Waals surface area (Å²) < 4.78 is 7.49. The van der Waals surface area contributed by atoms with Gasteiger partial charge in [-0.2, -0.15) is 5.10 Å². The molecule has 6 heteroatoms.